The van der Waals surface area contributed by atoms with Gasteiger partial charge in [0.15, 0.2) is 0 Å². The van der Waals surface area contributed by atoms with Gasteiger partial charge >= 0.3 is 5.97 Å². The summed E-state index contributed by atoms with van der Waals surface area (Å²) in [5, 5.41) is 0. The van der Waals surface area contributed by atoms with Gasteiger partial charge in [0, 0.05) is 20.0 Å². The van der Waals surface area contributed by atoms with Crippen LogP contribution in [0.3, 0.4) is 0 Å². The summed E-state index contributed by atoms with van der Waals surface area (Å²) in [5.41, 5.74) is 0. The molecule has 2 unspecified atom stereocenters. The second-order valence-electron chi connectivity index (χ2n) is 4.48. The van der Waals surface area contributed by atoms with E-state index in [1.807, 2.05) is 0 Å². The third kappa shape index (κ3) is 4.49. The summed E-state index contributed by atoms with van der Waals surface area (Å²) in [7, 11) is 1.39. The van der Waals surface area contributed by atoms with E-state index in [4.69, 9.17) is 9.47 Å². The Morgan fingerprint density at radius 2 is 2.11 bits per heavy atom. The molecule has 0 bridgehead atoms. The van der Waals surface area contributed by atoms with Gasteiger partial charge in [0.1, 0.15) is 12.9 Å². The third-order valence-electron chi connectivity index (χ3n) is 3.02. The molecule has 1 aliphatic carbocycles. The highest BCUT2D eigenvalue weighted by Gasteiger charge is 2.46. The molecule has 18 heavy (non-hydrogen) atoms. The first-order valence-electron chi connectivity index (χ1n) is 6.13. The lowest BCUT2D eigenvalue weighted by Gasteiger charge is -2.35. The van der Waals surface area contributed by atoms with Crippen LogP contribution < -0.4 is 0 Å². The van der Waals surface area contributed by atoms with Crippen LogP contribution >= 0.6 is 0 Å². The van der Waals surface area contributed by atoms with E-state index in [9.17, 15) is 13.6 Å². The van der Waals surface area contributed by atoms with Gasteiger partial charge in [-0.3, -0.25) is 4.79 Å². The second-order valence-corrected chi connectivity index (χ2v) is 4.48. The lowest BCUT2D eigenvalue weighted by Crippen LogP contribution is -2.42. The Kier molecular flexibility index (Phi) is 5.95. The Hall–Kier alpha value is -0.750. The zero-order valence-corrected chi connectivity index (χ0v) is 10.8. The largest absolute Gasteiger partial charge is 0.466 e. The van der Waals surface area contributed by atoms with Crippen molar-refractivity contribution in [3.8, 4) is 0 Å². The molecule has 0 aliphatic heterocycles. The summed E-state index contributed by atoms with van der Waals surface area (Å²) < 4.78 is 41.9. The van der Waals surface area contributed by atoms with Gasteiger partial charge in [0.05, 0.1) is 6.61 Å². The molecule has 1 aliphatic rings. The maximum Gasteiger partial charge on any atom is 0.306 e. The first-order chi connectivity index (χ1) is 8.49. The van der Waals surface area contributed by atoms with Crippen LogP contribution in [0.15, 0.2) is 0 Å². The molecule has 2 atom stereocenters. The Labute approximate surface area is 106 Å². The topological polar surface area (TPSA) is 44.8 Å². The number of hydrogen-bond donors (Lipinski definition) is 0. The molecule has 0 N–H and O–H groups in total. The minimum Gasteiger partial charge on any atom is -0.466 e. The number of ether oxygens (including phenoxy) is 3. The smallest absolute Gasteiger partial charge is 0.306 e. The molecule has 0 amide bonds. The highest BCUT2D eigenvalue weighted by molar-refractivity contribution is 5.69. The van der Waals surface area contributed by atoms with Gasteiger partial charge in [-0.25, -0.2) is 8.78 Å². The summed E-state index contributed by atoms with van der Waals surface area (Å²) in [6.45, 7) is 1.84. The second kappa shape index (κ2) is 6.99. The summed E-state index contributed by atoms with van der Waals surface area (Å²) in [5.74, 6) is -3.65. The number of alkyl halides is 2. The van der Waals surface area contributed by atoms with Crippen LogP contribution in [0.4, 0.5) is 8.78 Å². The summed E-state index contributed by atoms with van der Waals surface area (Å²) in [6, 6.07) is 0. The molecule has 1 rings (SSSR count). The molecular weight excluding hydrogens is 246 g/mol. The van der Waals surface area contributed by atoms with Crippen LogP contribution in [0.1, 0.15) is 32.6 Å². The van der Waals surface area contributed by atoms with Crippen LogP contribution in [0, 0.1) is 5.92 Å². The maximum atomic E-state index is 13.7. The minimum atomic E-state index is -2.91. The lowest BCUT2D eigenvalue weighted by atomic mass is 9.82. The number of hydrogen-bond acceptors (Lipinski definition) is 4. The molecule has 0 aromatic rings. The van der Waals surface area contributed by atoms with Gasteiger partial charge in [0.2, 0.25) is 0 Å². The number of esters is 1. The molecule has 1 saturated carbocycles. The van der Waals surface area contributed by atoms with Crippen molar-refractivity contribution in [1.82, 2.24) is 0 Å². The zero-order chi connectivity index (χ0) is 13.6. The molecule has 4 nitrogen and oxygen atoms in total. The Morgan fingerprint density at radius 3 is 2.67 bits per heavy atom. The summed E-state index contributed by atoms with van der Waals surface area (Å²) >= 11 is 0. The standard InChI is InChI=1S/C12H20F2O4/c1-3-17-11(15)6-9-4-5-10(18-8-16-2)12(13,14)7-9/h9-10H,3-8H2,1-2H3. The normalized spacial score (nSPS) is 26.9. The summed E-state index contributed by atoms with van der Waals surface area (Å²) in [6.07, 6.45) is -0.611. The molecule has 1 fully saturated rings. The van der Waals surface area contributed by atoms with Crippen molar-refractivity contribution in [1.29, 1.82) is 0 Å². The van der Waals surface area contributed by atoms with Crippen molar-refractivity contribution in [3.63, 3.8) is 0 Å². The van der Waals surface area contributed by atoms with Gasteiger partial charge in [0.25, 0.3) is 5.92 Å². The Morgan fingerprint density at radius 1 is 1.39 bits per heavy atom. The maximum absolute atomic E-state index is 13.7. The summed E-state index contributed by atoms with van der Waals surface area (Å²) in [4.78, 5) is 11.3. The fraction of sp³-hybridized carbons (Fsp3) is 0.917. The van der Waals surface area contributed by atoms with Crippen LogP contribution in [-0.4, -0.2) is 38.5 Å². The van der Waals surface area contributed by atoms with Crippen molar-refractivity contribution in [2.75, 3.05) is 20.5 Å². The molecule has 0 aromatic heterocycles. The minimum absolute atomic E-state index is 0.0560. The first kappa shape index (κ1) is 15.3. The SMILES string of the molecule is CCOC(=O)CC1CCC(OCOC)C(F)(F)C1. The molecule has 0 radical (unpaired) electrons. The molecular formula is C12H20F2O4. The third-order valence-corrected chi connectivity index (χ3v) is 3.02. The molecule has 0 saturated heterocycles. The number of carbonyl (C=O) groups excluding carboxylic acids is 1. The Balaban J connectivity index is 2.44. The van der Waals surface area contributed by atoms with E-state index in [0.29, 0.717) is 6.42 Å². The van der Waals surface area contributed by atoms with Gasteiger partial charge in [-0.2, -0.15) is 0 Å². The van der Waals surface area contributed by atoms with Gasteiger partial charge in [-0.05, 0) is 25.7 Å². The number of carbonyl (C=O) groups is 1. The molecule has 6 heteroatoms. The molecule has 106 valence electrons. The fourth-order valence-electron chi connectivity index (χ4n) is 2.20. The average molecular weight is 266 g/mol. The van der Waals surface area contributed by atoms with E-state index in [2.05, 4.69) is 4.74 Å². The number of halogens is 2. The van der Waals surface area contributed by atoms with Gasteiger partial charge in [-0.1, -0.05) is 0 Å². The first-order valence-corrected chi connectivity index (χ1v) is 6.13. The van der Waals surface area contributed by atoms with Crippen molar-refractivity contribution in [2.24, 2.45) is 5.92 Å². The number of rotatable bonds is 6. The van der Waals surface area contributed by atoms with E-state index in [0.717, 1.165) is 0 Å². The van der Waals surface area contributed by atoms with Crippen LogP contribution in [0.25, 0.3) is 0 Å². The molecule has 0 aromatic carbocycles. The Bertz CT molecular complexity index is 271. The van der Waals surface area contributed by atoms with Crippen LogP contribution in [-0.2, 0) is 19.0 Å². The van der Waals surface area contributed by atoms with Crippen molar-refractivity contribution >= 4 is 5.97 Å². The van der Waals surface area contributed by atoms with Crippen molar-refractivity contribution in [2.45, 2.75) is 44.6 Å². The van der Waals surface area contributed by atoms with Gasteiger partial charge < -0.3 is 14.2 Å². The van der Waals surface area contributed by atoms with E-state index in [1.54, 1.807) is 6.92 Å². The monoisotopic (exact) mass is 266 g/mol. The van der Waals surface area contributed by atoms with Crippen molar-refractivity contribution < 1.29 is 27.8 Å². The lowest BCUT2D eigenvalue weighted by molar-refractivity contribution is -0.200. The van der Waals surface area contributed by atoms with Crippen LogP contribution in [0.5, 0.6) is 0 Å². The van der Waals surface area contributed by atoms with Crippen molar-refractivity contribution in [3.05, 3.63) is 0 Å². The van der Waals surface area contributed by atoms with E-state index >= 15 is 0 Å². The fourth-order valence-corrected chi connectivity index (χ4v) is 2.20. The van der Waals surface area contributed by atoms with E-state index in [1.165, 1.54) is 7.11 Å². The van der Waals surface area contributed by atoms with E-state index < -0.39 is 18.0 Å². The number of methoxy groups -OCH3 is 1. The zero-order valence-electron chi connectivity index (χ0n) is 10.8. The molecule has 0 heterocycles. The highest BCUT2D eigenvalue weighted by Crippen LogP contribution is 2.40. The predicted molar refractivity (Wildman–Crippen MR) is 60.3 cm³/mol. The van der Waals surface area contributed by atoms with E-state index in [-0.39, 0.29) is 38.6 Å². The predicted octanol–water partition coefficient (Wildman–Crippen LogP) is 2.36. The average Bonchev–Trinajstić information content (AvgIpc) is 2.27. The highest BCUT2D eigenvalue weighted by atomic mass is 19.3. The van der Waals surface area contributed by atoms with Gasteiger partial charge in [-0.15, -0.1) is 0 Å². The molecule has 0 spiro atoms. The van der Waals surface area contributed by atoms with Crippen LogP contribution in [0.2, 0.25) is 0 Å². The quantitative estimate of drug-likeness (QED) is 0.547.